The monoisotopic (exact) mass is 195 g/mol. The van der Waals surface area contributed by atoms with Crippen molar-refractivity contribution in [3.63, 3.8) is 0 Å². The van der Waals surface area contributed by atoms with Crippen molar-refractivity contribution >= 4 is 17.3 Å². The summed E-state index contributed by atoms with van der Waals surface area (Å²) in [5.74, 6) is -0.472. The van der Waals surface area contributed by atoms with Crippen LogP contribution in [0.2, 0.25) is 0 Å². The summed E-state index contributed by atoms with van der Waals surface area (Å²) in [5, 5.41) is 8.66. The smallest absolute Gasteiger partial charge is 0.345 e. The molecule has 4 nitrogen and oxygen atoms in total. The summed E-state index contributed by atoms with van der Waals surface area (Å²) in [6.07, 6.45) is 2.98. The Labute approximate surface area is 77.5 Å². The minimum atomic E-state index is -0.928. The van der Waals surface area contributed by atoms with Crippen LogP contribution in [0.15, 0.2) is 29.0 Å². The molecule has 2 aromatic rings. The summed E-state index contributed by atoms with van der Waals surface area (Å²) in [7, 11) is 0. The predicted molar refractivity (Wildman–Crippen MR) is 46.8 cm³/mol. The van der Waals surface area contributed by atoms with Gasteiger partial charge in [-0.2, -0.15) is 0 Å². The fourth-order valence-electron chi connectivity index (χ4n) is 0.913. The molecule has 0 bridgehead atoms. The Balaban J connectivity index is 2.39. The minimum absolute atomic E-state index is 0.285. The lowest BCUT2D eigenvalue weighted by atomic mass is 10.4. The lowest BCUT2D eigenvalue weighted by Gasteiger charge is -1.85. The van der Waals surface area contributed by atoms with E-state index in [2.05, 4.69) is 4.98 Å². The molecular weight excluding hydrogens is 190 g/mol. The highest BCUT2D eigenvalue weighted by Crippen LogP contribution is 2.26. The molecule has 0 aliphatic carbocycles. The van der Waals surface area contributed by atoms with E-state index < -0.39 is 5.97 Å². The van der Waals surface area contributed by atoms with Gasteiger partial charge in [0.1, 0.15) is 11.1 Å². The zero-order valence-electron chi connectivity index (χ0n) is 6.43. The van der Waals surface area contributed by atoms with Crippen LogP contribution in [-0.4, -0.2) is 16.1 Å². The first kappa shape index (κ1) is 8.00. The number of carbonyl (C=O) groups is 1. The van der Waals surface area contributed by atoms with E-state index in [9.17, 15) is 4.79 Å². The quantitative estimate of drug-likeness (QED) is 0.797. The number of carboxylic acids is 1. The maximum absolute atomic E-state index is 10.5. The Hall–Kier alpha value is -1.62. The van der Waals surface area contributed by atoms with Gasteiger partial charge in [-0.25, -0.2) is 9.78 Å². The maximum Gasteiger partial charge on any atom is 0.345 e. The highest BCUT2D eigenvalue weighted by molar-refractivity contribution is 7.17. The van der Waals surface area contributed by atoms with E-state index in [1.54, 1.807) is 6.07 Å². The summed E-state index contributed by atoms with van der Waals surface area (Å²) in [6, 6.07) is 3.21. The average Bonchev–Trinajstić information content (AvgIpc) is 2.75. The molecule has 1 N–H and O–H groups in total. The molecule has 13 heavy (non-hydrogen) atoms. The van der Waals surface area contributed by atoms with Gasteiger partial charge in [-0.1, -0.05) is 0 Å². The van der Waals surface area contributed by atoms with E-state index >= 15 is 0 Å². The molecule has 2 heterocycles. The Bertz CT molecular complexity index is 418. The maximum atomic E-state index is 10.5. The van der Waals surface area contributed by atoms with Crippen LogP contribution in [0.1, 0.15) is 9.67 Å². The number of hydrogen-bond donors (Lipinski definition) is 1. The Morgan fingerprint density at radius 3 is 2.92 bits per heavy atom. The molecule has 0 unspecified atom stereocenters. The van der Waals surface area contributed by atoms with E-state index in [0.29, 0.717) is 5.89 Å². The molecule has 0 aliphatic rings. The van der Waals surface area contributed by atoms with Crippen molar-refractivity contribution in [2.45, 2.75) is 0 Å². The predicted octanol–water partition coefficient (Wildman–Crippen LogP) is 2.10. The first-order chi connectivity index (χ1) is 6.27. The van der Waals surface area contributed by atoms with Gasteiger partial charge in [0.05, 0.1) is 11.1 Å². The van der Waals surface area contributed by atoms with Crippen LogP contribution >= 0.6 is 11.3 Å². The second kappa shape index (κ2) is 3.02. The molecule has 0 fully saturated rings. The van der Waals surface area contributed by atoms with Crippen molar-refractivity contribution in [2.24, 2.45) is 0 Å². The van der Waals surface area contributed by atoms with Crippen molar-refractivity contribution in [2.75, 3.05) is 0 Å². The highest BCUT2D eigenvalue weighted by Gasteiger charge is 2.10. The standard InChI is InChI=1S/C8H5NO3S/c10-8(11)6-2-1-5(13-6)7-9-3-4-12-7/h1-4H,(H,10,11). The molecule has 66 valence electrons. The van der Waals surface area contributed by atoms with Crippen LogP contribution < -0.4 is 0 Å². The van der Waals surface area contributed by atoms with Crippen LogP contribution in [-0.2, 0) is 0 Å². The summed E-state index contributed by atoms with van der Waals surface area (Å²) in [4.78, 5) is 15.5. The van der Waals surface area contributed by atoms with Crippen molar-refractivity contribution in [3.05, 3.63) is 29.5 Å². The van der Waals surface area contributed by atoms with Gasteiger partial charge in [-0.05, 0) is 12.1 Å². The molecule has 0 radical (unpaired) electrons. The van der Waals surface area contributed by atoms with Crippen LogP contribution in [0.3, 0.4) is 0 Å². The SMILES string of the molecule is O=C(O)c1ccc(-c2ncco2)s1. The van der Waals surface area contributed by atoms with Gasteiger partial charge in [-0.15, -0.1) is 11.3 Å². The molecule has 2 rings (SSSR count). The fraction of sp³-hybridized carbons (Fsp3) is 0. The first-order valence-corrected chi connectivity index (χ1v) is 4.32. The van der Waals surface area contributed by atoms with E-state index in [0.717, 1.165) is 16.2 Å². The van der Waals surface area contributed by atoms with E-state index in [-0.39, 0.29) is 4.88 Å². The van der Waals surface area contributed by atoms with Crippen LogP contribution in [0.5, 0.6) is 0 Å². The summed E-state index contributed by atoms with van der Waals surface area (Å²) in [6.45, 7) is 0. The summed E-state index contributed by atoms with van der Waals surface area (Å²) in [5.41, 5.74) is 0. The van der Waals surface area contributed by atoms with E-state index in [1.807, 2.05) is 0 Å². The lowest BCUT2D eigenvalue weighted by Crippen LogP contribution is -1.89. The van der Waals surface area contributed by atoms with E-state index in [4.69, 9.17) is 9.52 Å². The third-order valence-electron chi connectivity index (χ3n) is 1.46. The highest BCUT2D eigenvalue weighted by atomic mass is 32.1. The zero-order valence-corrected chi connectivity index (χ0v) is 7.25. The molecule has 0 saturated heterocycles. The zero-order chi connectivity index (χ0) is 9.26. The topological polar surface area (TPSA) is 63.3 Å². The second-order valence-corrected chi connectivity index (χ2v) is 3.39. The number of nitrogens with zero attached hydrogens (tertiary/aromatic N) is 1. The molecular formula is C8H5NO3S. The number of thiophene rings is 1. The summed E-state index contributed by atoms with van der Waals surface area (Å²) < 4.78 is 5.02. The van der Waals surface area contributed by atoms with E-state index in [1.165, 1.54) is 18.5 Å². The molecule has 0 saturated carbocycles. The Kier molecular flexibility index (Phi) is 1.86. The van der Waals surface area contributed by atoms with Crippen molar-refractivity contribution in [1.82, 2.24) is 4.98 Å². The normalized spacial score (nSPS) is 10.2. The average molecular weight is 195 g/mol. The van der Waals surface area contributed by atoms with Gasteiger partial charge in [0.15, 0.2) is 0 Å². The molecule has 2 aromatic heterocycles. The first-order valence-electron chi connectivity index (χ1n) is 3.50. The molecule has 0 aliphatic heterocycles. The van der Waals surface area contributed by atoms with Crippen LogP contribution in [0.25, 0.3) is 10.8 Å². The number of hydrogen-bond acceptors (Lipinski definition) is 4. The number of oxazole rings is 1. The third kappa shape index (κ3) is 1.46. The van der Waals surface area contributed by atoms with Gasteiger partial charge in [0.2, 0.25) is 5.89 Å². The number of aromatic carboxylic acids is 1. The molecule has 0 atom stereocenters. The minimum Gasteiger partial charge on any atom is -0.477 e. The third-order valence-corrected chi connectivity index (χ3v) is 2.52. The molecule has 5 heteroatoms. The Morgan fingerprint density at radius 1 is 1.54 bits per heavy atom. The number of aromatic nitrogens is 1. The lowest BCUT2D eigenvalue weighted by molar-refractivity contribution is 0.0702. The van der Waals surface area contributed by atoms with Crippen molar-refractivity contribution in [1.29, 1.82) is 0 Å². The Morgan fingerprint density at radius 2 is 2.38 bits per heavy atom. The van der Waals surface area contributed by atoms with Crippen molar-refractivity contribution in [3.8, 4) is 10.8 Å². The van der Waals surface area contributed by atoms with Crippen molar-refractivity contribution < 1.29 is 14.3 Å². The van der Waals surface area contributed by atoms with Gasteiger partial charge >= 0.3 is 5.97 Å². The summed E-state index contributed by atoms with van der Waals surface area (Å²) >= 11 is 1.14. The van der Waals surface area contributed by atoms with Gasteiger partial charge < -0.3 is 9.52 Å². The molecule has 0 spiro atoms. The van der Waals surface area contributed by atoms with Gasteiger partial charge in [0, 0.05) is 0 Å². The van der Waals surface area contributed by atoms with Gasteiger partial charge in [-0.3, -0.25) is 0 Å². The fourth-order valence-corrected chi connectivity index (χ4v) is 1.70. The second-order valence-electron chi connectivity index (χ2n) is 2.31. The number of rotatable bonds is 2. The van der Waals surface area contributed by atoms with Crippen LogP contribution in [0, 0.1) is 0 Å². The van der Waals surface area contributed by atoms with Gasteiger partial charge in [0.25, 0.3) is 0 Å². The van der Waals surface area contributed by atoms with Crippen LogP contribution in [0.4, 0.5) is 0 Å². The number of carboxylic acid groups (broad SMARTS) is 1. The molecule has 0 amide bonds. The molecule has 0 aromatic carbocycles. The largest absolute Gasteiger partial charge is 0.477 e.